The van der Waals surface area contributed by atoms with E-state index in [0.29, 0.717) is 84.1 Å². The summed E-state index contributed by atoms with van der Waals surface area (Å²) in [5, 5.41) is 31.6. The first-order valence-electron chi connectivity index (χ1n) is 34.3. The van der Waals surface area contributed by atoms with E-state index < -0.39 is 126 Å². The predicted molar refractivity (Wildman–Crippen MR) is 361 cm³/mol. The molecule has 11 rings (SSSR count). The molecule has 5 aromatic rings. The fourth-order valence-electron chi connectivity index (χ4n) is 13.8. The molecule has 7 heterocycles. The number of hydrogen-bond donors (Lipinski definition) is 9. The van der Waals surface area contributed by atoms with Crippen LogP contribution in [0.5, 0.6) is 5.75 Å². The van der Waals surface area contributed by atoms with Gasteiger partial charge in [0.15, 0.2) is 0 Å². The highest BCUT2D eigenvalue weighted by atomic mass is 19.1. The van der Waals surface area contributed by atoms with Crippen molar-refractivity contribution in [2.24, 2.45) is 5.73 Å². The number of aryl methyl sites for hydroxylation is 1. The second-order valence-corrected chi connectivity index (χ2v) is 26.5. The lowest BCUT2D eigenvalue weighted by Gasteiger charge is -2.37. The number of carbonyl (C=O) groups excluding carboxylic acids is 10. The molecule has 99 heavy (non-hydrogen) atoms. The maximum Gasteiger partial charge on any atom is 0.246 e. The molecule has 6 aliphatic heterocycles. The highest BCUT2D eigenvalue weighted by molar-refractivity contribution is 6.00. The standard InChI is InChI=1S/C72H91FN12O14/c1-44(86)63-67(92)80-55(35-46-16-19-52(97-3)20-17-46)70(95)85-30-9-26-72(85,2)71(96)75-27-22-45-12-14-47(15-13-45)41-83-29-7-5-4-6-28-82-42-50(53-38-51(73)18-21-58(53)82)37-56-69(94)84-31-23-59(64(84)68(93)81-63)99-43-61(88)76-40-49-11-8-10-48(34-49)36-54(65(90)79-56)78-66(91)57(39-74)77-60(87)24-32-98-33-25-62(83)89/h8,10-21,34,38,42,44,54-57,59,63-64,86H,4-7,9,22-33,35-37,39-41,43,74H2,1-3H3,(H,75,96)(H,76,88)(H,77,87)(H,78,91)(H,79,90)(H,80,92)(H,81,93)/t44-,54+,55+,56+,57-,59+,63+,64+,72+/m1/s1. The summed E-state index contributed by atoms with van der Waals surface area (Å²) in [7, 11) is 1.50. The van der Waals surface area contributed by atoms with Crippen molar-refractivity contribution >= 4 is 70.0 Å². The Bertz CT molecular complexity index is 3760. The van der Waals surface area contributed by atoms with Gasteiger partial charge >= 0.3 is 0 Å². The molecule has 10 amide bonds. The number of halogens is 1. The van der Waals surface area contributed by atoms with E-state index in [4.69, 9.17) is 19.9 Å². The Labute approximate surface area is 574 Å². The quantitative estimate of drug-likeness (QED) is 0.121. The Morgan fingerprint density at radius 2 is 1.42 bits per heavy atom. The van der Waals surface area contributed by atoms with E-state index in [1.807, 2.05) is 28.8 Å². The second-order valence-electron chi connectivity index (χ2n) is 26.5. The molecule has 2 saturated heterocycles. The van der Waals surface area contributed by atoms with Crippen LogP contribution in [0, 0.1) is 5.82 Å². The zero-order valence-electron chi connectivity index (χ0n) is 56.3. The number of aliphatic hydroxyl groups excluding tert-OH is 1. The number of hydrogen-bond acceptors (Lipinski definition) is 15. The number of fused-ring (bicyclic) bond motifs is 16. The lowest BCUT2D eigenvalue weighted by atomic mass is 9.95. The van der Waals surface area contributed by atoms with Crippen molar-refractivity contribution in [2.75, 3.05) is 59.7 Å². The van der Waals surface area contributed by atoms with Crippen LogP contribution < -0.4 is 47.7 Å². The van der Waals surface area contributed by atoms with E-state index in [1.165, 1.54) is 31.1 Å². The van der Waals surface area contributed by atoms with E-state index >= 15 is 28.4 Å². The molecule has 1 aromatic heterocycles. The molecule has 26 nitrogen and oxygen atoms in total. The van der Waals surface area contributed by atoms with Gasteiger partial charge in [-0.3, -0.25) is 47.9 Å². The van der Waals surface area contributed by atoms with Crippen LogP contribution in [0.4, 0.5) is 4.39 Å². The van der Waals surface area contributed by atoms with Gasteiger partial charge in [0.1, 0.15) is 60.0 Å². The van der Waals surface area contributed by atoms with Gasteiger partial charge in [-0.25, -0.2) is 4.39 Å². The Balaban J connectivity index is 1.07. The van der Waals surface area contributed by atoms with Gasteiger partial charge in [0.05, 0.1) is 39.0 Å². The summed E-state index contributed by atoms with van der Waals surface area (Å²) >= 11 is 0. The van der Waals surface area contributed by atoms with Gasteiger partial charge in [0, 0.05) is 95.1 Å². The van der Waals surface area contributed by atoms with Crippen molar-refractivity contribution in [1.29, 1.82) is 0 Å². The number of rotatable bonds is 5. The van der Waals surface area contributed by atoms with Gasteiger partial charge in [-0.15, -0.1) is 0 Å². The van der Waals surface area contributed by atoms with E-state index in [2.05, 4.69) is 37.2 Å². The molecule has 0 unspecified atom stereocenters. The summed E-state index contributed by atoms with van der Waals surface area (Å²) in [4.78, 5) is 152. The molecule has 0 radical (unpaired) electrons. The van der Waals surface area contributed by atoms with Gasteiger partial charge in [-0.05, 0) is 116 Å². The van der Waals surface area contributed by atoms with Crippen LogP contribution in [0.1, 0.15) is 105 Å². The largest absolute Gasteiger partial charge is 0.497 e. The van der Waals surface area contributed by atoms with Gasteiger partial charge in [-0.1, -0.05) is 73.5 Å². The summed E-state index contributed by atoms with van der Waals surface area (Å²) in [6, 6.07) is 16.3. The van der Waals surface area contributed by atoms with Crippen molar-refractivity contribution in [1.82, 2.24) is 56.5 Å². The molecular weight excluding hydrogens is 1280 g/mol. The Hall–Kier alpha value is -9.31. The minimum atomic E-state index is -1.82. The number of carbonyl (C=O) groups is 10. The third-order valence-corrected chi connectivity index (χ3v) is 19.4. The second kappa shape index (κ2) is 33.5. The number of benzene rings is 4. The molecule has 6 aliphatic rings. The SMILES string of the molecule is COc1ccc(C[C@@H]2NC(=O)[C@H]([C@@H](C)O)NC(=O)[C@@H]3[C@@H]4CCN3C(=O)[C@@H]3Cc5cn(c6ccc(F)cc56)CCCCCCN(Cc5ccc(cc5)CCNC(=O)[C@]5(C)CCCN5C2=O)C(=O)CCOCCC(=O)N[C@H](CN)C(=O)N[C@@H](Cc2cccc(c2)CNC(=O)CO4)C(=O)N3)cc1. The third kappa shape index (κ3) is 18.3. The monoisotopic (exact) mass is 1370 g/mol. The smallest absolute Gasteiger partial charge is 0.246 e. The van der Waals surface area contributed by atoms with Crippen molar-refractivity contribution in [3.63, 3.8) is 0 Å². The first-order chi connectivity index (χ1) is 47.7. The molecule has 0 saturated carbocycles. The molecule has 12 bridgehead atoms. The van der Waals surface area contributed by atoms with Gasteiger partial charge in [-0.2, -0.15) is 0 Å². The highest BCUT2D eigenvalue weighted by Crippen LogP contribution is 2.32. The number of ether oxygens (including phenoxy) is 3. The van der Waals surface area contributed by atoms with Gasteiger partial charge < -0.3 is 81.5 Å². The number of nitrogens with zero attached hydrogens (tertiary/aromatic N) is 4. The first-order valence-corrected chi connectivity index (χ1v) is 34.3. The number of nitrogens with two attached hydrogens (primary N) is 1. The molecule has 27 heteroatoms. The van der Waals surface area contributed by atoms with Crippen LogP contribution in [-0.4, -0.2) is 197 Å². The molecule has 2 fully saturated rings. The van der Waals surface area contributed by atoms with Crippen LogP contribution >= 0.6 is 0 Å². The van der Waals surface area contributed by atoms with E-state index in [-0.39, 0.29) is 90.4 Å². The van der Waals surface area contributed by atoms with Crippen LogP contribution in [-0.2, 0) is 103 Å². The zero-order chi connectivity index (χ0) is 70.3. The Morgan fingerprint density at radius 3 is 2.18 bits per heavy atom. The summed E-state index contributed by atoms with van der Waals surface area (Å²) in [6.07, 6.45) is 1.89. The summed E-state index contributed by atoms with van der Waals surface area (Å²) in [6.45, 7) is 3.07. The van der Waals surface area contributed by atoms with Crippen LogP contribution in [0.25, 0.3) is 10.9 Å². The molecule has 0 spiro atoms. The average Bonchev–Trinajstić information content (AvgIpc) is 1.69. The average molecular weight is 1370 g/mol. The lowest BCUT2D eigenvalue weighted by molar-refractivity contribution is -0.148. The molecule has 4 aromatic carbocycles. The number of amides is 10. The topological polar surface area (TPSA) is 343 Å². The van der Waals surface area contributed by atoms with Crippen LogP contribution in [0.2, 0.25) is 0 Å². The minimum absolute atomic E-state index is 0.00607. The predicted octanol–water partition coefficient (Wildman–Crippen LogP) is 1.65. The lowest BCUT2D eigenvalue weighted by Crippen LogP contribution is -2.64. The van der Waals surface area contributed by atoms with Gasteiger partial charge in [0.25, 0.3) is 0 Å². The minimum Gasteiger partial charge on any atom is -0.497 e. The van der Waals surface area contributed by atoms with Crippen molar-refractivity contribution in [2.45, 2.75) is 171 Å². The van der Waals surface area contributed by atoms with Crippen LogP contribution in [0.15, 0.2) is 97.2 Å². The number of aromatic nitrogens is 1. The fraction of sp³-hybridized carbons (Fsp3) is 0.500. The van der Waals surface area contributed by atoms with E-state index in [9.17, 15) is 29.1 Å². The summed E-state index contributed by atoms with van der Waals surface area (Å²) in [5.74, 6) is -7.09. The molecule has 10 N–H and O–H groups in total. The Morgan fingerprint density at radius 1 is 0.687 bits per heavy atom. The number of methoxy groups -OCH3 is 1. The molecule has 530 valence electrons. The maximum absolute atomic E-state index is 16.0. The number of aliphatic hydroxyl groups is 1. The highest BCUT2D eigenvalue weighted by Gasteiger charge is 2.49. The summed E-state index contributed by atoms with van der Waals surface area (Å²) in [5.41, 5.74) is 9.27. The Kier molecular flexibility index (Phi) is 24.5. The van der Waals surface area contributed by atoms with Crippen molar-refractivity contribution < 1.29 is 71.7 Å². The first kappa shape index (κ1) is 72.4. The molecule has 9 atom stereocenters. The summed E-state index contributed by atoms with van der Waals surface area (Å²) < 4.78 is 35.1. The zero-order valence-corrected chi connectivity index (χ0v) is 56.3. The number of nitrogens with one attached hydrogen (secondary N) is 7. The van der Waals surface area contributed by atoms with Crippen molar-refractivity contribution in [3.05, 3.63) is 136 Å². The van der Waals surface area contributed by atoms with Gasteiger partial charge in [0.2, 0.25) is 59.1 Å². The molecule has 0 aliphatic carbocycles. The van der Waals surface area contributed by atoms with Crippen molar-refractivity contribution in [3.8, 4) is 5.75 Å². The molecular formula is C72H91FN12O14. The fourth-order valence-corrected chi connectivity index (χ4v) is 13.8. The normalized spacial score (nSPS) is 25.8. The van der Waals surface area contributed by atoms with Crippen LogP contribution in [0.3, 0.4) is 0 Å². The van der Waals surface area contributed by atoms with E-state index in [0.717, 1.165) is 28.9 Å². The maximum atomic E-state index is 16.0. The van der Waals surface area contributed by atoms with E-state index in [1.54, 1.807) is 72.6 Å². The third-order valence-electron chi connectivity index (χ3n) is 19.4.